The summed E-state index contributed by atoms with van der Waals surface area (Å²) in [5.74, 6) is -0.410. The molecule has 0 aliphatic carbocycles. The van der Waals surface area contributed by atoms with E-state index in [0.717, 1.165) is 0 Å². The largest absolute Gasteiger partial charge is 0.726 e. The number of aliphatic hydroxyl groups is 2. The number of carbonyl (C=O) groups is 1. The Balaban J connectivity index is 2.55. The topological polar surface area (TPSA) is 145 Å². The van der Waals surface area contributed by atoms with Gasteiger partial charge in [-0.3, -0.25) is 8.98 Å². The average molecular weight is 284 g/mol. The summed E-state index contributed by atoms with van der Waals surface area (Å²) in [6.45, 7) is 0.403. The summed E-state index contributed by atoms with van der Waals surface area (Å²) in [4.78, 5) is 10.8. The van der Waals surface area contributed by atoms with E-state index in [-0.39, 0.29) is 6.61 Å². The molecule has 0 radical (unpaired) electrons. The molecule has 10 heteroatoms. The molecular weight excluding hydrogens is 270 g/mol. The first-order valence-corrected chi connectivity index (χ1v) is 6.39. The van der Waals surface area contributed by atoms with Crippen LogP contribution >= 0.6 is 0 Å². The molecule has 0 saturated carbocycles. The predicted octanol–water partition coefficient (Wildman–Crippen LogP) is -2.91. The molecule has 1 aliphatic rings. The number of amides is 1. The molecule has 1 rings (SSSR count). The maximum atomic E-state index is 10.8. The van der Waals surface area contributed by atoms with Gasteiger partial charge in [-0.1, -0.05) is 0 Å². The molecular formula is C8H14NO8S-. The second kappa shape index (κ2) is 5.91. The second-order valence-corrected chi connectivity index (χ2v) is 4.90. The van der Waals surface area contributed by atoms with Gasteiger partial charge in [0.05, 0.1) is 19.3 Å². The highest BCUT2D eigenvalue weighted by atomic mass is 32.3. The lowest BCUT2D eigenvalue weighted by atomic mass is 9.98. The van der Waals surface area contributed by atoms with E-state index in [2.05, 4.69) is 9.50 Å². The number of rotatable bonds is 4. The molecule has 18 heavy (non-hydrogen) atoms. The number of carbonyl (C=O) groups excluding carboxylic acids is 1. The predicted molar refractivity (Wildman–Crippen MR) is 55.0 cm³/mol. The summed E-state index contributed by atoms with van der Waals surface area (Å²) < 4.78 is 39.7. The van der Waals surface area contributed by atoms with Crippen LogP contribution in [-0.4, -0.2) is 66.7 Å². The molecule has 1 amide bonds. The summed E-state index contributed by atoms with van der Waals surface area (Å²) in [7, 11) is -4.89. The van der Waals surface area contributed by atoms with Gasteiger partial charge in [0, 0.05) is 6.92 Å². The van der Waals surface area contributed by atoms with E-state index in [9.17, 15) is 28.0 Å². The number of nitrogens with one attached hydrogen (secondary N) is 1. The highest BCUT2D eigenvalue weighted by molar-refractivity contribution is 7.80. The smallest absolute Gasteiger partial charge is 0.217 e. The molecule has 1 fully saturated rings. The zero-order valence-corrected chi connectivity index (χ0v) is 10.3. The lowest BCUT2D eigenvalue weighted by Crippen LogP contribution is -2.59. The van der Waals surface area contributed by atoms with Crippen LogP contribution in [0.1, 0.15) is 6.92 Å². The third kappa shape index (κ3) is 4.48. The van der Waals surface area contributed by atoms with E-state index in [0.29, 0.717) is 0 Å². The lowest BCUT2D eigenvalue weighted by Gasteiger charge is -2.37. The zero-order valence-electron chi connectivity index (χ0n) is 9.48. The van der Waals surface area contributed by atoms with E-state index in [4.69, 9.17) is 4.74 Å². The minimum Gasteiger partial charge on any atom is -0.726 e. The van der Waals surface area contributed by atoms with Crippen molar-refractivity contribution in [2.75, 3.05) is 13.2 Å². The van der Waals surface area contributed by atoms with Crippen LogP contribution in [0.5, 0.6) is 0 Å². The first-order valence-electron chi connectivity index (χ1n) is 5.06. The Labute approximate surface area is 104 Å². The van der Waals surface area contributed by atoms with Crippen LogP contribution < -0.4 is 5.32 Å². The number of hydrogen-bond donors (Lipinski definition) is 3. The molecule has 2 unspecified atom stereocenters. The molecule has 0 aromatic carbocycles. The summed E-state index contributed by atoms with van der Waals surface area (Å²) in [6, 6.07) is -0.808. The summed E-state index contributed by atoms with van der Waals surface area (Å²) in [5, 5.41) is 21.6. The van der Waals surface area contributed by atoms with E-state index in [1.165, 1.54) is 6.92 Å². The van der Waals surface area contributed by atoms with Gasteiger partial charge in [0.2, 0.25) is 16.3 Å². The minimum absolute atomic E-state index is 0.134. The van der Waals surface area contributed by atoms with Crippen molar-refractivity contribution >= 4 is 16.3 Å². The van der Waals surface area contributed by atoms with Gasteiger partial charge >= 0.3 is 0 Å². The monoisotopic (exact) mass is 284 g/mol. The van der Waals surface area contributed by atoms with Crippen molar-refractivity contribution in [3.63, 3.8) is 0 Å². The molecule has 0 spiro atoms. The minimum atomic E-state index is -4.89. The van der Waals surface area contributed by atoms with E-state index >= 15 is 0 Å². The quantitative estimate of drug-likeness (QED) is 0.368. The highest BCUT2D eigenvalue weighted by Gasteiger charge is 2.39. The second-order valence-electron chi connectivity index (χ2n) is 3.85. The first kappa shape index (κ1) is 15.3. The van der Waals surface area contributed by atoms with Gasteiger partial charge in [0.15, 0.2) is 0 Å². The first-order chi connectivity index (χ1) is 8.20. The van der Waals surface area contributed by atoms with E-state index in [1.807, 2.05) is 0 Å². The summed E-state index contributed by atoms with van der Waals surface area (Å²) in [5.41, 5.74) is 0. The Bertz CT molecular complexity index is 396. The van der Waals surface area contributed by atoms with Crippen molar-refractivity contribution in [1.82, 2.24) is 5.32 Å². The molecule has 1 saturated heterocycles. The molecule has 9 nitrogen and oxygen atoms in total. The Hall–Kier alpha value is -0.780. The average Bonchev–Trinajstić information content (AvgIpc) is 2.22. The lowest BCUT2D eigenvalue weighted by molar-refractivity contribution is -0.162. The Morgan fingerprint density at radius 1 is 1.50 bits per heavy atom. The van der Waals surface area contributed by atoms with Crippen molar-refractivity contribution in [3.8, 4) is 0 Å². The van der Waals surface area contributed by atoms with Crippen LogP contribution in [0.25, 0.3) is 0 Å². The van der Waals surface area contributed by atoms with Gasteiger partial charge in [-0.05, 0) is 0 Å². The Morgan fingerprint density at radius 2 is 2.11 bits per heavy atom. The van der Waals surface area contributed by atoms with Crippen molar-refractivity contribution in [2.45, 2.75) is 31.3 Å². The van der Waals surface area contributed by atoms with Gasteiger partial charge in [-0.15, -0.1) is 0 Å². The van der Waals surface area contributed by atoms with E-state index in [1.54, 1.807) is 0 Å². The maximum Gasteiger partial charge on any atom is 0.217 e. The Kier molecular flexibility index (Phi) is 5.01. The summed E-state index contributed by atoms with van der Waals surface area (Å²) in [6.07, 6.45) is -3.98. The molecule has 3 N–H and O–H groups in total. The van der Waals surface area contributed by atoms with Crippen molar-refractivity contribution in [2.24, 2.45) is 0 Å². The molecule has 0 bridgehead atoms. The third-order valence-corrected chi connectivity index (χ3v) is 2.82. The van der Waals surface area contributed by atoms with Crippen molar-refractivity contribution in [3.05, 3.63) is 0 Å². The molecule has 106 valence electrons. The van der Waals surface area contributed by atoms with Gasteiger partial charge in [0.1, 0.15) is 18.3 Å². The van der Waals surface area contributed by atoms with Crippen LogP contribution in [0, 0.1) is 0 Å². The fraction of sp³-hybridized carbons (Fsp3) is 0.875. The molecule has 0 aromatic rings. The molecule has 1 heterocycles. The fourth-order valence-corrected chi connectivity index (χ4v) is 1.87. The molecule has 1 aliphatic heterocycles. The molecule has 0 aromatic heterocycles. The van der Waals surface area contributed by atoms with Crippen LogP contribution in [0.15, 0.2) is 0 Å². The SMILES string of the molecule is CC(=O)NC1COC(COS(=O)(=O)[O-])[C@H](O)[C@H]1O. The normalized spacial score (nSPS) is 33.1. The highest BCUT2D eigenvalue weighted by Crippen LogP contribution is 2.16. The fourth-order valence-electron chi connectivity index (χ4n) is 1.57. The number of ether oxygens (including phenoxy) is 1. The third-order valence-electron chi connectivity index (χ3n) is 2.40. The standard InChI is InChI=1S/C8H15NO8S/c1-4(10)9-5-2-16-6(8(12)7(5)11)3-17-18(13,14)15/h5-8,11-12H,2-3H2,1H3,(H,9,10)(H,13,14,15)/p-1/t5?,6?,7-,8-/m0/s1. The van der Waals surface area contributed by atoms with Gasteiger partial charge < -0.3 is 24.8 Å². The Morgan fingerprint density at radius 3 is 2.61 bits per heavy atom. The maximum absolute atomic E-state index is 10.8. The van der Waals surface area contributed by atoms with Gasteiger partial charge in [-0.25, -0.2) is 8.42 Å². The van der Waals surface area contributed by atoms with Crippen LogP contribution in [0.3, 0.4) is 0 Å². The van der Waals surface area contributed by atoms with Gasteiger partial charge in [-0.2, -0.15) is 0 Å². The number of hydrogen-bond acceptors (Lipinski definition) is 8. The van der Waals surface area contributed by atoms with E-state index < -0.39 is 47.3 Å². The van der Waals surface area contributed by atoms with Crippen LogP contribution in [0.4, 0.5) is 0 Å². The van der Waals surface area contributed by atoms with Crippen molar-refractivity contribution in [1.29, 1.82) is 0 Å². The van der Waals surface area contributed by atoms with Gasteiger partial charge in [0.25, 0.3) is 0 Å². The zero-order chi connectivity index (χ0) is 13.9. The van der Waals surface area contributed by atoms with Crippen molar-refractivity contribution < 1.29 is 36.9 Å². The number of aliphatic hydroxyl groups excluding tert-OH is 2. The summed E-state index contributed by atoms with van der Waals surface area (Å²) >= 11 is 0. The van der Waals surface area contributed by atoms with Crippen LogP contribution in [0.2, 0.25) is 0 Å². The molecule has 4 atom stereocenters. The van der Waals surface area contributed by atoms with Crippen LogP contribution in [-0.2, 0) is 24.1 Å².